The zero-order chi connectivity index (χ0) is 21.3. The molecule has 3 aromatic rings. The zero-order valence-electron chi connectivity index (χ0n) is 15.2. The van der Waals surface area contributed by atoms with E-state index in [2.05, 4.69) is 10.1 Å². The van der Waals surface area contributed by atoms with Crippen molar-refractivity contribution >= 4 is 44.0 Å². The Morgan fingerprint density at radius 1 is 1.38 bits per heavy atom. The van der Waals surface area contributed by atoms with Gasteiger partial charge in [0, 0.05) is 31.3 Å². The van der Waals surface area contributed by atoms with Gasteiger partial charge in [-0.3, -0.25) is 4.79 Å². The van der Waals surface area contributed by atoms with Gasteiger partial charge in [0.25, 0.3) is 5.56 Å². The van der Waals surface area contributed by atoms with Gasteiger partial charge in [0.05, 0.1) is 34.4 Å². The molecule has 0 aliphatic rings. The quantitative estimate of drug-likeness (QED) is 0.347. The molecule has 0 fully saturated rings. The van der Waals surface area contributed by atoms with Gasteiger partial charge in [-0.05, 0) is 0 Å². The second-order valence-electron chi connectivity index (χ2n) is 6.03. The van der Waals surface area contributed by atoms with Gasteiger partial charge in [-0.15, -0.1) is 11.3 Å². The largest absolute Gasteiger partial charge is 0.403 e. The van der Waals surface area contributed by atoms with Crippen LogP contribution in [0.2, 0.25) is 0 Å². The first kappa shape index (κ1) is 19.9. The molecule has 0 unspecified atom stereocenters. The van der Waals surface area contributed by atoms with Gasteiger partial charge in [-0.2, -0.15) is 10.4 Å². The summed E-state index contributed by atoms with van der Waals surface area (Å²) in [4.78, 5) is 17.3. The fraction of sp³-hybridized carbons (Fsp3) is 0.176. The number of allylic oxidation sites excluding steroid dienone is 2. The highest BCUT2D eigenvalue weighted by Gasteiger charge is 2.20. The highest BCUT2D eigenvalue weighted by molar-refractivity contribution is 7.19. The number of halogens is 1. The van der Waals surface area contributed by atoms with Gasteiger partial charge in [-0.25, -0.2) is 14.1 Å². The van der Waals surface area contributed by atoms with Crippen LogP contribution < -0.4 is 17.0 Å². The number of nitrogens with two attached hydrogens (primary N) is 2. The van der Waals surface area contributed by atoms with Crippen molar-refractivity contribution in [1.82, 2.24) is 19.3 Å². The number of thiazole rings is 1. The Balaban J connectivity index is 2.05. The van der Waals surface area contributed by atoms with Crippen molar-refractivity contribution in [1.29, 1.82) is 16.1 Å². The molecule has 10 nitrogen and oxygen atoms in total. The minimum absolute atomic E-state index is 0.0234. The third kappa shape index (κ3) is 3.39. The molecule has 0 atom stereocenters. The molecule has 29 heavy (non-hydrogen) atoms. The zero-order valence-corrected chi connectivity index (χ0v) is 16.0. The van der Waals surface area contributed by atoms with E-state index < -0.39 is 11.4 Å². The van der Waals surface area contributed by atoms with Crippen LogP contribution in [0.25, 0.3) is 21.3 Å². The number of aromatic nitrogens is 4. The molecule has 6 N–H and O–H groups in total. The molecule has 0 aliphatic carbocycles. The molecule has 0 bridgehead atoms. The average molecular weight is 413 g/mol. The van der Waals surface area contributed by atoms with Gasteiger partial charge in [0.1, 0.15) is 16.6 Å². The second kappa shape index (κ2) is 7.64. The van der Waals surface area contributed by atoms with Gasteiger partial charge < -0.3 is 26.9 Å². The van der Waals surface area contributed by atoms with E-state index in [1.165, 1.54) is 17.5 Å². The number of fused-ring (bicyclic) bond motifs is 3. The molecule has 148 valence electrons. The molecule has 3 aromatic heterocycles. The molecule has 3 heterocycles. The predicted molar refractivity (Wildman–Crippen MR) is 109 cm³/mol. The minimum atomic E-state index is -0.815. The Morgan fingerprint density at radius 2 is 2.10 bits per heavy atom. The van der Waals surface area contributed by atoms with E-state index in [0.717, 1.165) is 17.1 Å². The average Bonchev–Trinajstić information content (AvgIpc) is 3.22. The summed E-state index contributed by atoms with van der Waals surface area (Å²) in [5.74, 6) is -0.815. The van der Waals surface area contributed by atoms with E-state index in [1.54, 1.807) is 17.7 Å². The Morgan fingerprint density at radius 3 is 2.72 bits per heavy atom. The van der Waals surface area contributed by atoms with Gasteiger partial charge >= 0.3 is 0 Å². The Labute approximate surface area is 167 Å². The van der Waals surface area contributed by atoms with Crippen molar-refractivity contribution in [3.05, 3.63) is 45.4 Å². The van der Waals surface area contributed by atoms with Crippen LogP contribution in [0.3, 0.4) is 0 Å². The number of hydrogen-bond acceptors (Lipinski definition) is 9. The highest BCUT2D eigenvalue weighted by atomic mass is 32.1. The summed E-state index contributed by atoms with van der Waals surface area (Å²) >= 11 is 1.24. The maximum Gasteiger partial charge on any atom is 0.291 e. The topological polar surface area (TPSA) is 176 Å². The summed E-state index contributed by atoms with van der Waals surface area (Å²) in [5, 5.41) is 29.7. The summed E-state index contributed by atoms with van der Waals surface area (Å²) in [7, 11) is 1.66. The van der Waals surface area contributed by atoms with Crippen LogP contribution in [0.15, 0.2) is 34.8 Å². The number of rotatable bonds is 6. The van der Waals surface area contributed by atoms with Crippen molar-refractivity contribution in [2.45, 2.75) is 13.0 Å². The molecule has 0 saturated carbocycles. The first-order chi connectivity index (χ1) is 13.8. The second-order valence-corrected chi connectivity index (χ2v) is 7.11. The van der Waals surface area contributed by atoms with Crippen LogP contribution in [0.1, 0.15) is 5.01 Å². The Hall–Kier alpha value is -3.85. The lowest BCUT2D eigenvalue weighted by atomic mass is 10.2. The van der Waals surface area contributed by atoms with E-state index >= 15 is 0 Å². The van der Waals surface area contributed by atoms with Gasteiger partial charge in [0.2, 0.25) is 0 Å². The molecule has 3 rings (SSSR count). The lowest BCUT2D eigenvalue weighted by Gasteiger charge is -2.06. The number of nitrogens with zero attached hydrogens (tertiary/aromatic N) is 5. The summed E-state index contributed by atoms with van der Waals surface area (Å²) < 4.78 is 16.8. The van der Waals surface area contributed by atoms with Crippen molar-refractivity contribution in [2.24, 2.45) is 18.5 Å². The summed E-state index contributed by atoms with van der Waals surface area (Å²) in [6, 6.07) is 1.79. The SMILES string of the molecule is Cn1c2nc(CC(=N)/C(F)=C\N)sc2c2cnn(CC(=N)/C(C#N)=C\N)c(=O)c21. The number of nitrogens with one attached hydrogen (secondary N) is 2. The van der Waals surface area contributed by atoms with Crippen LogP contribution in [0.5, 0.6) is 0 Å². The molecule has 0 aromatic carbocycles. The molecule has 0 radical (unpaired) electrons. The number of nitriles is 1. The molecular formula is C17H16FN9OS. The van der Waals surface area contributed by atoms with Crippen molar-refractivity contribution in [3.63, 3.8) is 0 Å². The molecule has 0 aliphatic heterocycles. The van der Waals surface area contributed by atoms with Crippen molar-refractivity contribution in [3.8, 4) is 6.07 Å². The van der Waals surface area contributed by atoms with Crippen molar-refractivity contribution < 1.29 is 4.39 Å². The van der Waals surface area contributed by atoms with E-state index in [4.69, 9.17) is 27.5 Å². The molecule has 0 saturated heterocycles. The molecule has 12 heteroatoms. The standard InChI is InChI=1S/C17H16FN9OS/c1-26-14-9(6-24-27(17(14)28)7-12(23)8(3-19)4-20)15-16(26)25-13(29-15)2-11(22)10(18)5-21/h3,5-6,22-23H,2,7,19,21H2,1H3/b8-3-,10-5+,22-11?,23-12?. The van der Waals surface area contributed by atoms with E-state index in [9.17, 15) is 9.18 Å². The van der Waals surface area contributed by atoms with Crippen LogP contribution in [-0.4, -0.2) is 30.8 Å². The maximum absolute atomic E-state index is 13.4. The lowest BCUT2D eigenvalue weighted by Crippen LogP contribution is -2.28. The monoisotopic (exact) mass is 413 g/mol. The summed E-state index contributed by atoms with van der Waals surface area (Å²) in [6.45, 7) is -0.204. The summed E-state index contributed by atoms with van der Waals surface area (Å²) in [6.07, 6.45) is 3.20. The third-order valence-electron chi connectivity index (χ3n) is 4.25. The third-order valence-corrected chi connectivity index (χ3v) is 5.33. The van der Waals surface area contributed by atoms with E-state index in [0.29, 0.717) is 26.3 Å². The maximum atomic E-state index is 13.4. The molecule has 0 amide bonds. The van der Waals surface area contributed by atoms with Crippen LogP contribution in [-0.2, 0) is 20.0 Å². The summed E-state index contributed by atoms with van der Waals surface area (Å²) in [5.41, 5.74) is 10.4. The fourth-order valence-corrected chi connectivity index (χ4v) is 3.91. The predicted octanol–water partition coefficient (Wildman–Crippen LogP) is 1.06. The first-order valence-electron chi connectivity index (χ1n) is 8.21. The van der Waals surface area contributed by atoms with Crippen LogP contribution in [0.4, 0.5) is 4.39 Å². The number of hydrogen-bond donors (Lipinski definition) is 4. The number of aryl methyl sites for hydroxylation is 1. The molecule has 0 spiro atoms. The normalized spacial score (nSPS) is 12.4. The first-order valence-corrected chi connectivity index (χ1v) is 9.02. The highest BCUT2D eigenvalue weighted by Crippen LogP contribution is 2.31. The van der Waals surface area contributed by atoms with Gasteiger partial charge in [-0.1, -0.05) is 0 Å². The molecular weight excluding hydrogens is 397 g/mol. The van der Waals surface area contributed by atoms with Crippen molar-refractivity contribution in [2.75, 3.05) is 0 Å². The van der Waals surface area contributed by atoms with E-state index in [-0.39, 0.29) is 30.0 Å². The van der Waals surface area contributed by atoms with Gasteiger partial charge in [0.15, 0.2) is 11.5 Å². The van der Waals surface area contributed by atoms with E-state index in [1.807, 2.05) is 0 Å². The minimum Gasteiger partial charge on any atom is -0.403 e. The fourth-order valence-electron chi connectivity index (χ4n) is 2.80. The lowest BCUT2D eigenvalue weighted by molar-refractivity contribution is 0.672. The van der Waals surface area contributed by atoms with Crippen LogP contribution in [0, 0.1) is 22.1 Å². The smallest absolute Gasteiger partial charge is 0.291 e. The Bertz CT molecular complexity index is 1320. The Kier molecular flexibility index (Phi) is 5.24. The van der Waals surface area contributed by atoms with Crippen LogP contribution >= 0.6 is 11.3 Å².